The lowest BCUT2D eigenvalue weighted by molar-refractivity contribution is -0.137. The molecule has 0 bridgehead atoms. The van der Waals surface area contributed by atoms with Gasteiger partial charge >= 0.3 is 6.18 Å². The molecule has 2 aromatic carbocycles. The van der Waals surface area contributed by atoms with Crippen molar-refractivity contribution < 1.29 is 21.6 Å². The Labute approximate surface area is 146 Å². The van der Waals surface area contributed by atoms with Gasteiger partial charge < -0.3 is 10.7 Å². The lowest BCUT2D eigenvalue weighted by Crippen LogP contribution is -2.11. The zero-order valence-corrected chi connectivity index (χ0v) is 14.4. The highest BCUT2D eigenvalue weighted by Gasteiger charge is 2.35. The first kappa shape index (κ1) is 17.6. The molecule has 0 spiro atoms. The van der Waals surface area contributed by atoms with Gasteiger partial charge in [0.25, 0.3) is 0 Å². The lowest BCUT2D eigenvalue weighted by atomic mass is 10.2. The summed E-state index contributed by atoms with van der Waals surface area (Å²) in [6, 6.07) is 7.13. The molecule has 4 nitrogen and oxygen atoms in total. The average Bonchev–Trinajstić information content (AvgIpc) is 2.81. The number of H-pyrrole nitrogens is 1. The van der Waals surface area contributed by atoms with Crippen molar-refractivity contribution >= 4 is 38.0 Å². The second-order valence-corrected chi connectivity index (χ2v) is 7.84. The van der Waals surface area contributed by atoms with Crippen molar-refractivity contribution in [2.24, 2.45) is 0 Å². The third-order valence-corrected chi connectivity index (χ3v) is 5.97. The van der Waals surface area contributed by atoms with Gasteiger partial charge in [0.05, 0.1) is 15.4 Å². The van der Waals surface area contributed by atoms with Crippen molar-refractivity contribution in [1.29, 1.82) is 0 Å². The van der Waals surface area contributed by atoms with Crippen LogP contribution in [0.1, 0.15) is 11.3 Å². The molecule has 0 radical (unpaired) electrons. The zero-order chi connectivity index (χ0) is 18.6. The van der Waals surface area contributed by atoms with Crippen LogP contribution >= 0.6 is 11.6 Å². The number of alkyl halides is 3. The summed E-state index contributed by atoms with van der Waals surface area (Å²) in [4.78, 5) is 2.32. The van der Waals surface area contributed by atoms with Crippen LogP contribution in [0.25, 0.3) is 10.9 Å². The van der Waals surface area contributed by atoms with Crippen molar-refractivity contribution in [1.82, 2.24) is 4.98 Å². The fourth-order valence-corrected chi connectivity index (χ4v) is 4.54. The molecule has 3 rings (SSSR count). The van der Waals surface area contributed by atoms with Crippen molar-refractivity contribution in [3.63, 3.8) is 0 Å². The summed E-state index contributed by atoms with van der Waals surface area (Å²) in [5.41, 5.74) is 4.41. The van der Waals surface area contributed by atoms with Crippen LogP contribution in [0.3, 0.4) is 0 Å². The van der Waals surface area contributed by atoms with Gasteiger partial charge in [0, 0.05) is 27.3 Å². The number of aryl methyl sites for hydroxylation is 1. The van der Waals surface area contributed by atoms with E-state index in [1.54, 1.807) is 6.07 Å². The summed E-state index contributed by atoms with van der Waals surface area (Å²) in [5, 5.41) is 0.761. The van der Waals surface area contributed by atoms with E-state index in [0.717, 1.165) is 12.1 Å². The summed E-state index contributed by atoms with van der Waals surface area (Å²) < 4.78 is 65.0. The first-order valence-corrected chi connectivity index (χ1v) is 8.87. The number of nitrogen functional groups attached to an aromatic ring is 1. The van der Waals surface area contributed by atoms with E-state index in [-0.39, 0.29) is 4.90 Å². The van der Waals surface area contributed by atoms with Crippen LogP contribution in [0.4, 0.5) is 18.9 Å². The van der Waals surface area contributed by atoms with Gasteiger partial charge in [-0.05, 0) is 37.3 Å². The maximum atomic E-state index is 13.0. The Morgan fingerprint density at radius 3 is 2.44 bits per heavy atom. The first-order chi connectivity index (χ1) is 11.5. The smallest absolute Gasteiger partial charge is 0.398 e. The monoisotopic (exact) mass is 388 g/mol. The minimum atomic E-state index is -4.75. The highest BCUT2D eigenvalue weighted by Crippen LogP contribution is 2.38. The summed E-state index contributed by atoms with van der Waals surface area (Å²) in [6.45, 7) is 1.53. The molecular weight excluding hydrogens is 377 g/mol. The van der Waals surface area contributed by atoms with Crippen LogP contribution in [0.2, 0.25) is 5.02 Å². The Kier molecular flexibility index (Phi) is 4.00. The second-order valence-electron chi connectivity index (χ2n) is 5.52. The molecule has 3 N–H and O–H groups in total. The minimum Gasteiger partial charge on any atom is -0.398 e. The molecule has 1 aromatic heterocycles. The number of rotatable bonds is 2. The van der Waals surface area contributed by atoms with Crippen LogP contribution in [-0.2, 0) is 16.0 Å². The van der Waals surface area contributed by atoms with Gasteiger partial charge in [-0.15, -0.1) is 0 Å². The molecule has 0 unspecified atom stereocenters. The van der Waals surface area contributed by atoms with E-state index >= 15 is 0 Å². The summed E-state index contributed by atoms with van der Waals surface area (Å²) in [5.74, 6) is 0. The van der Waals surface area contributed by atoms with E-state index in [4.69, 9.17) is 17.3 Å². The number of nitrogens with one attached hydrogen (secondary N) is 1. The van der Waals surface area contributed by atoms with E-state index in [2.05, 4.69) is 4.98 Å². The molecule has 0 amide bonds. The number of hydrogen-bond acceptors (Lipinski definition) is 3. The topological polar surface area (TPSA) is 76.0 Å². The van der Waals surface area contributed by atoms with Crippen molar-refractivity contribution in [3.8, 4) is 0 Å². The Balaban J connectivity index is 2.27. The van der Waals surface area contributed by atoms with E-state index < -0.39 is 32.2 Å². The first-order valence-electron chi connectivity index (χ1n) is 7.01. The van der Waals surface area contributed by atoms with Crippen molar-refractivity contribution in [2.45, 2.75) is 22.9 Å². The van der Waals surface area contributed by atoms with E-state index in [1.807, 2.05) is 0 Å². The molecule has 25 heavy (non-hydrogen) atoms. The van der Waals surface area contributed by atoms with Crippen LogP contribution in [0, 0.1) is 6.92 Å². The minimum absolute atomic E-state index is 0.0861. The highest BCUT2D eigenvalue weighted by atomic mass is 35.5. The van der Waals surface area contributed by atoms with E-state index in [1.165, 1.54) is 19.1 Å². The largest absolute Gasteiger partial charge is 0.418 e. The Morgan fingerprint density at radius 1 is 1.12 bits per heavy atom. The van der Waals surface area contributed by atoms with Crippen molar-refractivity contribution in [3.05, 3.63) is 52.7 Å². The fraction of sp³-hybridized carbons (Fsp3) is 0.125. The molecule has 0 fully saturated rings. The van der Waals surface area contributed by atoms with Crippen LogP contribution in [0.15, 0.2) is 46.2 Å². The van der Waals surface area contributed by atoms with Gasteiger partial charge in [0.2, 0.25) is 9.84 Å². The van der Waals surface area contributed by atoms with Gasteiger partial charge in [0.1, 0.15) is 0 Å². The van der Waals surface area contributed by atoms with Gasteiger partial charge in [-0.3, -0.25) is 0 Å². The molecule has 9 heteroatoms. The Hall–Kier alpha value is -2.19. The molecule has 0 aliphatic heterocycles. The molecule has 0 aliphatic rings. The summed E-state index contributed by atoms with van der Waals surface area (Å²) in [6.07, 6.45) is -4.75. The normalized spacial score (nSPS) is 12.7. The van der Waals surface area contributed by atoms with Gasteiger partial charge in [-0.25, -0.2) is 8.42 Å². The highest BCUT2D eigenvalue weighted by molar-refractivity contribution is 7.91. The predicted molar refractivity (Wildman–Crippen MR) is 89.4 cm³/mol. The summed E-state index contributed by atoms with van der Waals surface area (Å²) in [7, 11) is -4.20. The van der Waals surface area contributed by atoms with Gasteiger partial charge in [-0.2, -0.15) is 13.2 Å². The third kappa shape index (κ3) is 2.96. The van der Waals surface area contributed by atoms with E-state index in [9.17, 15) is 21.6 Å². The second kappa shape index (κ2) is 5.67. The zero-order valence-electron chi connectivity index (χ0n) is 12.8. The van der Waals surface area contributed by atoms with E-state index in [0.29, 0.717) is 27.7 Å². The predicted octanol–water partition coefficient (Wildman–Crippen LogP) is 4.56. The van der Waals surface area contributed by atoms with Crippen LogP contribution in [0.5, 0.6) is 0 Å². The SMILES string of the molecule is Cc1[nH]c2cc(Cl)ccc2c1S(=O)(=O)c1ccc(N)c(C(F)(F)F)c1. The van der Waals surface area contributed by atoms with Gasteiger partial charge in [0.15, 0.2) is 0 Å². The lowest BCUT2D eigenvalue weighted by Gasteiger charge is -2.12. The fourth-order valence-electron chi connectivity index (χ4n) is 2.69. The molecule has 0 saturated carbocycles. The molecule has 0 atom stereocenters. The number of benzene rings is 2. The number of aromatic amines is 1. The van der Waals surface area contributed by atoms with Crippen LogP contribution < -0.4 is 5.73 Å². The number of halogens is 4. The van der Waals surface area contributed by atoms with Crippen LogP contribution in [-0.4, -0.2) is 13.4 Å². The molecule has 3 aromatic rings. The molecular formula is C16H12ClF3N2O2S. The maximum Gasteiger partial charge on any atom is 0.418 e. The Bertz CT molecular complexity index is 1090. The van der Waals surface area contributed by atoms with Gasteiger partial charge in [-0.1, -0.05) is 17.7 Å². The number of fused-ring (bicyclic) bond motifs is 1. The number of anilines is 1. The quantitative estimate of drug-likeness (QED) is 0.632. The standard InChI is InChI=1S/C16H12ClF3N2O2S/c1-8-15(11-4-2-9(17)6-14(11)22-8)25(23,24)10-3-5-13(21)12(7-10)16(18,19)20/h2-7,22H,21H2,1H3. The summed E-state index contributed by atoms with van der Waals surface area (Å²) >= 11 is 5.89. The maximum absolute atomic E-state index is 13.0. The van der Waals surface area contributed by atoms with Crippen molar-refractivity contribution in [2.75, 3.05) is 5.73 Å². The number of hydrogen-bond donors (Lipinski definition) is 2. The molecule has 132 valence electrons. The molecule has 0 aliphatic carbocycles. The third-order valence-electron chi connectivity index (χ3n) is 3.80. The number of aromatic nitrogens is 1. The Morgan fingerprint density at radius 2 is 1.80 bits per heavy atom. The molecule has 0 saturated heterocycles. The molecule has 1 heterocycles. The average molecular weight is 389 g/mol. The number of sulfone groups is 1. The number of nitrogens with two attached hydrogens (primary N) is 1.